The number of aromatic nitrogens is 2. The number of pyridine rings is 1. The molecule has 0 bridgehead atoms. The number of anilines is 1. The van der Waals surface area contributed by atoms with Gasteiger partial charge in [0, 0.05) is 19.6 Å². The van der Waals surface area contributed by atoms with E-state index < -0.39 is 20.5 Å². The van der Waals surface area contributed by atoms with Gasteiger partial charge in [0.25, 0.3) is 5.71 Å². The number of fused-ring (bicyclic) bond motifs is 1. The van der Waals surface area contributed by atoms with Crippen LogP contribution >= 0.6 is 0 Å². The van der Waals surface area contributed by atoms with Crippen molar-refractivity contribution in [2.45, 2.75) is 57.2 Å². The van der Waals surface area contributed by atoms with Gasteiger partial charge in [0.15, 0.2) is 0 Å². The van der Waals surface area contributed by atoms with Gasteiger partial charge in [-0.05, 0) is 64.5 Å². The molecule has 8 nitrogen and oxygen atoms in total. The number of oxazole rings is 1. The zero-order chi connectivity index (χ0) is 19.8. The minimum atomic E-state index is -3.30. The van der Waals surface area contributed by atoms with Crippen molar-refractivity contribution in [1.82, 2.24) is 14.3 Å². The molecule has 0 saturated heterocycles. The highest BCUT2D eigenvalue weighted by Gasteiger charge is 2.30. The van der Waals surface area contributed by atoms with E-state index >= 15 is 0 Å². The van der Waals surface area contributed by atoms with Crippen LogP contribution in [0.4, 0.5) is 5.82 Å². The number of sulfonamides is 1. The molecule has 27 heavy (non-hydrogen) atoms. The van der Waals surface area contributed by atoms with Crippen LogP contribution in [0.5, 0.6) is 0 Å². The van der Waals surface area contributed by atoms with Gasteiger partial charge in [-0.1, -0.05) is 0 Å². The molecule has 9 heteroatoms. The monoisotopic (exact) mass is 396 g/mol. The van der Waals surface area contributed by atoms with E-state index in [1.165, 1.54) is 4.57 Å². The normalized spacial score (nSPS) is 21.5. The summed E-state index contributed by atoms with van der Waals surface area (Å²) in [5, 5.41) is 3.40. The summed E-state index contributed by atoms with van der Waals surface area (Å²) in [6.07, 6.45) is 3.79. The molecule has 2 aromatic rings. The summed E-state index contributed by atoms with van der Waals surface area (Å²) in [5.74, 6) is 0.615. The molecule has 1 aliphatic carbocycles. The summed E-state index contributed by atoms with van der Waals surface area (Å²) < 4.78 is 32.9. The van der Waals surface area contributed by atoms with Crippen LogP contribution in [0.2, 0.25) is 0 Å². The average Bonchev–Trinajstić information content (AvgIpc) is 2.87. The van der Waals surface area contributed by atoms with E-state index in [1.807, 2.05) is 12.1 Å². The van der Waals surface area contributed by atoms with Crippen molar-refractivity contribution in [1.29, 1.82) is 0 Å². The first-order valence-electron chi connectivity index (χ1n) is 9.29. The standard InChI is InChI=1S/C18H28N4O4S/c1-18(2,3)27(24,25)19-11-12-5-7-13(8-6-12)20-15-10-9-14-16(21-15)26-17(23)22(14)4/h9-10,12-13,19H,5-8,11H2,1-4H3,(H,20,21). The van der Waals surface area contributed by atoms with Crippen LogP contribution in [0.15, 0.2) is 21.3 Å². The first-order valence-corrected chi connectivity index (χ1v) is 10.8. The first kappa shape index (κ1) is 19.9. The van der Waals surface area contributed by atoms with Gasteiger partial charge < -0.3 is 9.73 Å². The van der Waals surface area contributed by atoms with Gasteiger partial charge in [-0.3, -0.25) is 4.57 Å². The van der Waals surface area contributed by atoms with E-state index in [0.29, 0.717) is 29.5 Å². The number of hydrogen-bond donors (Lipinski definition) is 2. The van der Waals surface area contributed by atoms with Crippen LogP contribution in [0.25, 0.3) is 11.2 Å². The van der Waals surface area contributed by atoms with E-state index in [2.05, 4.69) is 15.0 Å². The van der Waals surface area contributed by atoms with Gasteiger partial charge in [-0.2, -0.15) is 4.98 Å². The molecule has 0 radical (unpaired) electrons. The maximum Gasteiger partial charge on any atom is 0.421 e. The van der Waals surface area contributed by atoms with E-state index in [1.54, 1.807) is 27.8 Å². The second-order valence-corrected chi connectivity index (χ2v) is 10.8. The number of nitrogens with zero attached hydrogens (tertiary/aromatic N) is 2. The fourth-order valence-electron chi connectivity index (χ4n) is 3.26. The summed E-state index contributed by atoms with van der Waals surface area (Å²) in [7, 11) is -1.64. The first-order chi connectivity index (χ1) is 12.6. The van der Waals surface area contributed by atoms with Crippen molar-refractivity contribution in [2.75, 3.05) is 11.9 Å². The summed E-state index contributed by atoms with van der Waals surface area (Å²) in [5.41, 5.74) is 0.998. The summed E-state index contributed by atoms with van der Waals surface area (Å²) >= 11 is 0. The topological polar surface area (TPSA) is 106 Å². The van der Waals surface area contributed by atoms with Crippen molar-refractivity contribution >= 4 is 27.1 Å². The number of rotatable bonds is 5. The molecule has 1 aliphatic rings. The van der Waals surface area contributed by atoms with Gasteiger partial charge >= 0.3 is 5.76 Å². The Kier molecular flexibility index (Phi) is 5.36. The molecular weight excluding hydrogens is 368 g/mol. The van der Waals surface area contributed by atoms with E-state index in [9.17, 15) is 13.2 Å². The third-order valence-electron chi connectivity index (χ3n) is 5.23. The zero-order valence-electron chi connectivity index (χ0n) is 16.3. The van der Waals surface area contributed by atoms with Crippen LogP contribution in [0.3, 0.4) is 0 Å². The highest BCUT2D eigenvalue weighted by atomic mass is 32.2. The number of aryl methyl sites for hydroxylation is 1. The van der Waals surface area contributed by atoms with Crippen LogP contribution in [0.1, 0.15) is 46.5 Å². The van der Waals surface area contributed by atoms with Crippen molar-refractivity contribution in [3.8, 4) is 0 Å². The molecule has 0 unspecified atom stereocenters. The fourth-order valence-corrected chi connectivity index (χ4v) is 4.15. The number of hydrogen-bond acceptors (Lipinski definition) is 6. The third-order valence-corrected chi connectivity index (χ3v) is 7.39. The molecule has 2 aromatic heterocycles. The second kappa shape index (κ2) is 7.27. The maximum absolute atomic E-state index is 12.2. The molecule has 0 atom stereocenters. The Morgan fingerprint density at radius 3 is 2.52 bits per heavy atom. The maximum atomic E-state index is 12.2. The molecule has 2 heterocycles. The zero-order valence-corrected chi connectivity index (χ0v) is 17.1. The minimum Gasteiger partial charge on any atom is -0.388 e. The third kappa shape index (κ3) is 4.35. The van der Waals surface area contributed by atoms with Gasteiger partial charge in [0.1, 0.15) is 11.3 Å². The van der Waals surface area contributed by atoms with E-state index in [-0.39, 0.29) is 6.04 Å². The Labute approximate surface area is 159 Å². The molecule has 1 fully saturated rings. The van der Waals surface area contributed by atoms with Crippen LogP contribution in [-0.4, -0.2) is 35.3 Å². The molecule has 0 amide bonds. The van der Waals surface area contributed by atoms with Crippen molar-refractivity contribution < 1.29 is 12.8 Å². The SMILES string of the molecule is Cn1c(=O)oc2nc(NC3CCC(CNS(=O)(=O)C(C)(C)C)CC3)ccc21. The highest BCUT2D eigenvalue weighted by molar-refractivity contribution is 7.90. The summed E-state index contributed by atoms with van der Waals surface area (Å²) in [4.78, 5) is 15.9. The van der Waals surface area contributed by atoms with Crippen molar-refractivity contribution in [3.63, 3.8) is 0 Å². The van der Waals surface area contributed by atoms with Gasteiger partial charge in [0.05, 0.1) is 4.75 Å². The lowest BCUT2D eigenvalue weighted by atomic mass is 9.86. The molecule has 150 valence electrons. The lowest BCUT2D eigenvalue weighted by molar-refractivity contribution is 0.336. The largest absolute Gasteiger partial charge is 0.421 e. The smallest absolute Gasteiger partial charge is 0.388 e. The van der Waals surface area contributed by atoms with E-state index in [4.69, 9.17) is 4.42 Å². The fraction of sp³-hybridized carbons (Fsp3) is 0.667. The van der Waals surface area contributed by atoms with Gasteiger partial charge in [-0.25, -0.2) is 17.9 Å². The van der Waals surface area contributed by atoms with Crippen LogP contribution < -0.4 is 15.8 Å². The highest BCUT2D eigenvalue weighted by Crippen LogP contribution is 2.27. The summed E-state index contributed by atoms with van der Waals surface area (Å²) in [6, 6.07) is 3.95. The molecule has 0 aliphatic heterocycles. The molecule has 0 spiro atoms. The predicted molar refractivity (Wildman–Crippen MR) is 105 cm³/mol. The summed E-state index contributed by atoms with van der Waals surface area (Å²) in [6.45, 7) is 5.60. The lowest BCUT2D eigenvalue weighted by Crippen LogP contribution is -2.42. The van der Waals surface area contributed by atoms with E-state index in [0.717, 1.165) is 25.7 Å². The lowest BCUT2D eigenvalue weighted by Gasteiger charge is -2.30. The van der Waals surface area contributed by atoms with Gasteiger partial charge in [0.2, 0.25) is 10.0 Å². The second-order valence-electron chi connectivity index (χ2n) is 8.27. The van der Waals surface area contributed by atoms with Crippen LogP contribution in [-0.2, 0) is 17.1 Å². The molecule has 3 rings (SSSR count). The van der Waals surface area contributed by atoms with Crippen molar-refractivity contribution in [3.05, 3.63) is 22.7 Å². The quantitative estimate of drug-likeness (QED) is 0.803. The number of nitrogens with one attached hydrogen (secondary N) is 2. The predicted octanol–water partition coefficient (Wildman–Crippen LogP) is 2.22. The Hall–Kier alpha value is -1.87. The Bertz CT molecular complexity index is 963. The molecule has 0 aromatic carbocycles. The average molecular weight is 397 g/mol. The minimum absolute atomic E-state index is 0.279. The molecule has 2 N–H and O–H groups in total. The Morgan fingerprint density at radius 2 is 1.89 bits per heavy atom. The van der Waals surface area contributed by atoms with Crippen LogP contribution in [0, 0.1) is 5.92 Å². The van der Waals surface area contributed by atoms with Gasteiger partial charge in [-0.15, -0.1) is 0 Å². The molecular formula is C18H28N4O4S. The molecule has 1 saturated carbocycles. The van der Waals surface area contributed by atoms with Crippen molar-refractivity contribution in [2.24, 2.45) is 13.0 Å². The Morgan fingerprint density at radius 1 is 1.22 bits per heavy atom. The Balaban J connectivity index is 1.53.